The van der Waals surface area contributed by atoms with Crippen molar-refractivity contribution in [3.63, 3.8) is 0 Å². The van der Waals surface area contributed by atoms with Gasteiger partial charge in [0.05, 0.1) is 11.9 Å². The van der Waals surface area contributed by atoms with Crippen LogP contribution >= 0.6 is 0 Å². The Kier molecular flexibility index (Phi) is 3.60. The van der Waals surface area contributed by atoms with Crippen LogP contribution in [0.5, 0.6) is 0 Å². The highest BCUT2D eigenvalue weighted by atomic mass is 16.2. The van der Waals surface area contributed by atoms with Crippen LogP contribution in [0, 0.1) is 11.3 Å². The van der Waals surface area contributed by atoms with Crippen LogP contribution in [0.2, 0.25) is 0 Å². The van der Waals surface area contributed by atoms with Gasteiger partial charge < -0.3 is 4.90 Å². The van der Waals surface area contributed by atoms with Gasteiger partial charge in [-0.25, -0.2) is 14.5 Å². The van der Waals surface area contributed by atoms with E-state index in [1.165, 1.54) is 4.68 Å². The molecule has 0 radical (unpaired) electrons. The van der Waals surface area contributed by atoms with Crippen LogP contribution in [0.15, 0.2) is 23.1 Å². The maximum absolute atomic E-state index is 12.3. The van der Waals surface area contributed by atoms with Gasteiger partial charge in [-0.2, -0.15) is 10.4 Å². The molecule has 0 aromatic carbocycles. The first-order chi connectivity index (χ1) is 11.7. The zero-order valence-corrected chi connectivity index (χ0v) is 13.7. The summed E-state index contributed by atoms with van der Waals surface area (Å²) in [5.41, 5.74) is 1.51. The maximum Gasteiger partial charge on any atom is 0.345 e. The number of anilines is 1. The lowest BCUT2D eigenvalue weighted by Crippen LogP contribution is -2.34. The zero-order chi connectivity index (χ0) is 16.7. The predicted molar refractivity (Wildman–Crippen MR) is 88.9 cm³/mol. The van der Waals surface area contributed by atoms with Crippen molar-refractivity contribution in [2.45, 2.75) is 37.6 Å². The molecule has 0 bridgehead atoms. The van der Waals surface area contributed by atoms with Gasteiger partial charge >= 0.3 is 5.69 Å². The molecule has 3 heterocycles. The lowest BCUT2D eigenvalue weighted by molar-refractivity contribution is 0.462. The highest BCUT2D eigenvalue weighted by Gasteiger charge is 2.33. The first-order valence-electron chi connectivity index (χ1n) is 8.44. The Morgan fingerprint density at radius 1 is 1.21 bits per heavy atom. The summed E-state index contributed by atoms with van der Waals surface area (Å²) in [6.45, 7) is 1.82. The van der Waals surface area contributed by atoms with Crippen molar-refractivity contribution in [2.24, 2.45) is 7.05 Å². The Morgan fingerprint density at radius 2 is 1.96 bits per heavy atom. The van der Waals surface area contributed by atoms with Gasteiger partial charge in [0.15, 0.2) is 0 Å². The van der Waals surface area contributed by atoms with Crippen molar-refractivity contribution >= 4 is 5.69 Å². The van der Waals surface area contributed by atoms with Crippen LogP contribution < -0.4 is 10.6 Å². The third-order valence-electron chi connectivity index (χ3n) is 4.98. The number of aromatic nitrogens is 4. The molecular formula is C17H20N6O. The summed E-state index contributed by atoms with van der Waals surface area (Å²) in [7, 11) is 1.74. The minimum atomic E-state index is 0.0196. The Morgan fingerprint density at radius 3 is 2.54 bits per heavy atom. The third kappa shape index (κ3) is 2.58. The van der Waals surface area contributed by atoms with Crippen molar-refractivity contribution in [1.29, 1.82) is 5.26 Å². The standard InChI is InChI=1S/C17H20N6O/c1-21-17(24)23(14-4-5-14)16(20-21)12-6-8-22(9-7-12)15-3-2-13(10-18)19-11-15/h2-3,11-12,14H,4-9H2,1H3. The molecule has 7 nitrogen and oxygen atoms in total. The number of hydrogen-bond donors (Lipinski definition) is 0. The molecule has 24 heavy (non-hydrogen) atoms. The monoisotopic (exact) mass is 324 g/mol. The molecule has 2 aromatic rings. The second-order valence-corrected chi connectivity index (χ2v) is 6.64. The lowest BCUT2D eigenvalue weighted by Gasteiger charge is -2.33. The van der Waals surface area contributed by atoms with E-state index in [-0.39, 0.29) is 5.69 Å². The number of piperidine rings is 1. The summed E-state index contributed by atoms with van der Waals surface area (Å²) in [4.78, 5) is 18.7. The van der Waals surface area contributed by atoms with Gasteiger partial charge in [-0.3, -0.25) is 4.57 Å². The lowest BCUT2D eigenvalue weighted by atomic mass is 9.95. The first kappa shape index (κ1) is 14.9. The average Bonchev–Trinajstić information content (AvgIpc) is 3.41. The van der Waals surface area contributed by atoms with Gasteiger partial charge in [-0.1, -0.05) is 0 Å². The van der Waals surface area contributed by atoms with Crippen molar-refractivity contribution in [3.8, 4) is 6.07 Å². The van der Waals surface area contributed by atoms with E-state index in [0.717, 1.165) is 50.3 Å². The van der Waals surface area contributed by atoms with Gasteiger partial charge in [0, 0.05) is 32.1 Å². The van der Waals surface area contributed by atoms with Crippen LogP contribution in [0.25, 0.3) is 0 Å². The molecule has 1 saturated carbocycles. The summed E-state index contributed by atoms with van der Waals surface area (Å²) < 4.78 is 3.40. The third-order valence-corrected chi connectivity index (χ3v) is 4.98. The summed E-state index contributed by atoms with van der Waals surface area (Å²) in [6, 6.07) is 6.11. The van der Waals surface area contributed by atoms with Crippen molar-refractivity contribution < 1.29 is 0 Å². The topological polar surface area (TPSA) is 79.7 Å². The molecule has 1 saturated heterocycles. The fraction of sp³-hybridized carbons (Fsp3) is 0.529. The Bertz CT molecular complexity index is 831. The van der Waals surface area contributed by atoms with E-state index in [9.17, 15) is 4.79 Å². The summed E-state index contributed by atoms with van der Waals surface area (Å²) in [5, 5.41) is 13.4. The van der Waals surface area contributed by atoms with Gasteiger partial charge in [0.25, 0.3) is 0 Å². The summed E-state index contributed by atoms with van der Waals surface area (Å²) in [5.74, 6) is 1.30. The van der Waals surface area contributed by atoms with E-state index >= 15 is 0 Å². The fourth-order valence-corrected chi connectivity index (χ4v) is 3.49. The molecule has 2 fully saturated rings. The van der Waals surface area contributed by atoms with E-state index in [2.05, 4.69) is 15.0 Å². The summed E-state index contributed by atoms with van der Waals surface area (Å²) >= 11 is 0. The van der Waals surface area contributed by atoms with E-state index in [1.54, 1.807) is 19.3 Å². The van der Waals surface area contributed by atoms with E-state index in [4.69, 9.17) is 5.26 Å². The molecule has 0 N–H and O–H groups in total. The molecule has 0 amide bonds. The highest BCUT2D eigenvalue weighted by molar-refractivity contribution is 5.46. The number of rotatable bonds is 3. The fourth-order valence-electron chi connectivity index (χ4n) is 3.49. The van der Waals surface area contributed by atoms with Gasteiger partial charge in [0.1, 0.15) is 17.6 Å². The quantitative estimate of drug-likeness (QED) is 0.856. The molecule has 2 aliphatic rings. The second kappa shape index (κ2) is 5.78. The molecule has 1 aliphatic carbocycles. The largest absolute Gasteiger partial charge is 0.370 e. The minimum Gasteiger partial charge on any atom is -0.370 e. The van der Waals surface area contributed by atoms with E-state index in [1.807, 2.05) is 16.7 Å². The first-order valence-corrected chi connectivity index (χ1v) is 8.44. The van der Waals surface area contributed by atoms with Gasteiger partial charge in [0.2, 0.25) is 0 Å². The predicted octanol–water partition coefficient (Wildman–Crippen LogP) is 1.57. The number of nitrogens with zero attached hydrogens (tertiary/aromatic N) is 6. The summed E-state index contributed by atoms with van der Waals surface area (Å²) in [6.07, 6.45) is 5.90. The number of hydrogen-bond acceptors (Lipinski definition) is 5. The van der Waals surface area contributed by atoms with Crippen molar-refractivity contribution in [1.82, 2.24) is 19.3 Å². The molecule has 124 valence electrons. The number of nitriles is 1. The Balaban J connectivity index is 1.49. The molecule has 2 aromatic heterocycles. The van der Waals surface area contributed by atoms with Crippen LogP contribution in [-0.2, 0) is 7.05 Å². The smallest absolute Gasteiger partial charge is 0.345 e. The van der Waals surface area contributed by atoms with Crippen LogP contribution in [-0.4, -0.2) is 32.4 Å². The normalized spacial score (nSPS) is 18.6. The number of aryl methyl sites for hydroxylation is 1. The van der Waals surface area contributed by atoms with Crippen LogP contribution in [0.3, 0.4) is 0 Å². The molecular weight excluding hydrogens is 304 g/mol. The second-order valence-electron chi connectivity index (χ2n) is 6.64. The van der Waals surface area contributed by atoms with Crippen LogP contribution in [0.1, 0.15) is 49.2 Å². The molecule has 0 spiro atoms. The van der Waals surface area contributed by atoms with Crippen molar-refractivity contribution in [3.05, 3.63) is 40.3 Å². The van der Waals surface area contributed by atoms with Gasteiger partial charge in [-0.05, 0) is 37.8 Å². The number of pyridine rings is 1. The van der Waals surface area contributed by atoms with Crippen molar-refractivity contribution in [2.75, 3.05) is 18.0 Å². The van der Waals surface area contributed by atoms with E-state index in [0.29, 0.717) is 17.7 Å². The minimum absolute atomic E-state index is 0.0196. The van der Waals surface area contributed by atoms with Crippen LogP contribution in [0.4, 0.5) is 5.69 Å². The molecule has 4 rings (SSSR count). The SMILES string of the molecule is Cn1nc(C2CCN(c3ccc(C#N)nc3)CC2)n(C2CC2)c1=O. The molecule has 0 atom stereocenters. The molecule has 7 heteroatoms. The molecule has 0 unspecified atom stereocenters. The Hall–Kier alpha value is -2.62. The molecule has 1 aliphatic heterocycles. The average molecular weight is 324 g/mol. The Labute approximate surface area is 140 Å². The van der Waals surface area contributed by atoms with Gasteiger partial charge in [-0.15, -0.1) is 0 Å². The highest BCUT2D eigenvalue weighted by Crippen LogP contribution is 2.37. The van der Waals surface area contributed by atoms with E-state index < -0.39 is 0 Å². The maximum atomic E-state index is 12.3. The zero-order valence-electron chi connectivity index (χ0n) is 13.7.